The van der Waals surface area contributed by atoms with Gasteiger partial charge in [-0.2, -0.15) is 0 Å². The summed E-state index contributed by atoms with van der Waals surface area (Å²) in [5.74, 6) is -1.04. The van der Waals surface area contributed by atoms with E-state index in [1.165, 1.54) is 0 Å². The lowest BCUT2D eigenvalue weighted by atomic mass is 9.93. The van der Waals surface area contributed by atoms with Crippen molar-refractivity contribution in [1.29, 1.82) is 0 Å². The van der Waals surface area contributed by atoms with Crippen LogP contribution in [0.1, 0.15) is 24.5 Å². The fourth-order valence-electron chi connectivity index (χ4n) is 1.68. The van der Waals surface area contributed by atoms with Crippen LogP contribution < -0.4 is 0 Å². The summed E-state index contributed by atoms with van der Waals surface area (Å²) in [6.07, 6.45) is 5.01. The highest BCUT2D eigenvalue weighted by molar-refractivity contribution is 5.70. The van der Waals surface area contributed by atoms with Crippen LogP contribution in [0.15, 0.2) is 36.4 Å². The lowest BCUT2D eigenvalue weighted by Crippen LogP contribution is -2.16. The standard InChI is InChI=1S/C14H18O2/c1-3-4-8-13(14(15)16)10-12-9-6-5-7-11(12)2/h3-7,9,13H,8,10H2,1-2H3,(H,15,16). The first-order valence-corrected chi connectivity index (χ1v) is 5.53. The Bertz CT molecular complexity index is 380. The van der Waals surface area contributed by atoms with Crippen molar-refractivity contribution in [3.8, 4) is 0 Å². The largest absolute Gasteiger partial charge is 0.481 e. The van der Waals surface area contributed by atoms with Gasteiger partial charge < -0.3 is 5.11 Å². The highest BCUT2D eigenvalue weighted by Gasteiger charge is 2.16. The third-order valence-corrected chi connectivity index (χ3v) is 2.73. The Morgan fingerprint density at radius 3 is 2.69 bits per heavy atom. The molecule has 1 atom stereocenters. The molecule has 0 aliphatic rings. The van der Waals surface area contributed by atoms with Gasteiger partial charge in [0, 0.05) is 0 Å². The molecule has 0 fully saturated rings. The molecule has 0 aliphatic carbocycles. The van der Waals surface area contributed by atoms with E-state index in [1.54, 1.807) is 0 Å². The second-order valence-electron chi connectivity index (χ2n) is 3.97. The van der Waals surface area contributed by atoms with Crippen molar-refractivity contribution in [3.63, 3.8) is 0 Å². The summed E-state index contributed by atoms with van der Waals surface area (Å²) in [6.45, 7) is 3.93. The monoisotopic (exact) mass is 218 g/mol. The highest BCUT2D eigenvalue weighted by Crippen LogP contribution is 2.16. The van der Waals surface area contributed by atoms with Crippen molar-refractivity contribution in [1.82, 2.24) is 0 Å². The van der Waals surface area contributed by atoms with Gasteiger partial charge in [0.25, 0.3) is 0 Å². The molecule has 0 radical (unpaired) electrons. The van der Waals surface area contributed by atoms with E-state index in [-0.39, 0.29) is 5.92 Å². The number of aryl methyl sites for hydroxylation is 1. The van der Waals surface area contributed by atoms with Crippen LogP contribution in [0.25, 0.3) is 0 Å². The first-order chi connectivity index (χ1) is 7.65. The molecule has 1 aromatic rings. The molecule has 0 heterocycles. The number of carboxylic acids is 1. The maximum Gasteiger partial charge on any atom is 0.307 e. The Kier molecular flexibility index (Phi) is 4.77. The van der Waals surface area contributed by atoms with Gasteiger partial charge in [0.1, 0.15) is 0 Å². The molecule has 2 heteroatoms. The van der Waals surface area contributed by atoms with Gasteiger partial charge in [-0.15, -0.1) is 0 Å². The number of aliphatic carboxylic acids is 1. The maximum atomic E-state index is 11.1. The Hall–Kier alpha value is -1.57. The third-order valence-electron chi connectivity index (χ3n) is 2.73. The fourth-order valence-corrected chi connectivity index (χ4v) is 1.68. The molecule has 0 saturated heterocycles. The van der Waals surface area contributed by atoms with Gasteiger partial charge in [0.15, 0.2) is 0 Å². The summed E-state index contributed by atoms with van der Waals surface area (Å²) in [5.41, 5.74) is 2.29. The Labute approximate surface area is 96.6 Å². The quantitative estimate of drug-likeness (QED) is 0.770. The van der Waals surface area contributed by atoms with E-state index in [9.17, 15) is 4.79 Å². The Balaban J connectivity index is 2.75. The zero-order valence-electron chi connectivity index (χ0n) is 9.81. The van der Waals surface area contributed by atoms with Crippen molar-refractivity contribution in [2.45, 2.75) is 26.7 Å². The number of carboxylic acid groups (broad SMARTS) is 1. The molecule has 1 unspecified atom stereocenters. The predicted octanol–water partition coefficient (Wildman–Crippen LogP) is 3.20. The zero-order chi connectivity index (χ0) is 12.0. The number of hydrogen-bond acceptors (Lipinski definition) is 1. The van der Waals surface area contributed by atoms with Crippen LogP contribution in [0.5, 0.6) is 0 Å². The van der Waals surface area contributed by atoms with Crippen molar-refractivity contribution in [2.75, 3.05) is 0 Å². The first-order valence-electron chi connectivity index (χ1n) is 5.53. The number of allylic oxidation sites excluding steroid dienone is 2. The van der Waals surface area contributed by atoms with Crippen molar-refractivity contribution >= 4 is 5.97 Å². The zero-order valence-corrected chi connectivity index (χ0v) is 9.81. The number of carbonyl (C=O) groups is 1. The topological polar surface area (TPSA) is 37.3 Å². The minimum absolute atomic E-state index is 0.322. The summed E-state index contributed by atoms with van der Waals surface area (Å²) in [6, 6.07) is 7.95. The molecule has 1 aromatic carbocycles. The molecule has 0 bridgehead atoms. The van der Waals surface area contributed by atoms with Crippen LogP contribution in [-0.4, -0.2) is 11.1 Å². The normalized spacial score (nSPS) is 12.9. The molecule has 0 aromatic heterocycles. The van der Waals surface area contributed by atoms with Crippen LogP contribution in [0.4, 0.5) is 0 Å². The molecule has 0 aliphatic heterocycles. The Morgan fingerprint density at radius 2 is 2.12 bits per heavy atom. The van der Waals surface area contributed by atoms with E-state index >= 15 is 0 Å². The van der Waals surface area contributed by atoms with Crippen LogP contribution >= 0.6 is 0 Å². The van der Waals surface area contributed by atoms with Crippen LogP contribution in [0.3, 0.4) is 0 Å². The average molecular weight is 218 g/mol. The molecular formula is C14H18O2. The summed E-state index contributed by atoms with van der Waals surface area (Å²) in [7, 11) is 0. The second-order valence-corrected chi connectivity index (χ2v) is 3.97. The van der Waals surface area contributed by atoms with Gasteiger partial charge >= 0.3 is 5.97 Å². The second kappa shape index (κ2) is 6.11. The SMILES string of the molecule is CC=CCC(Cc1ccccc1C)C(=O)O. The summed E-state index contributed by atoms with van der Waals surface area (Å²) < 4.78 is 0. The third kappa shape index (κ3) is 3.54. The smallest absolute Gasteiger partial charge is 0.307 e. The molecule has 16 heavy (non-hydrogen) atoms. The molecule has 2 nitrogen and oxygen atoms in total. The van der Waals surface area contributed by atoms with Crippen molar-refractivity contribution in [2.24, 2.45) is 5.92 Å². The molecule has 86 valence electrons. The van der Waals surface area contributed by atoms with Gasteiger partial charge in [0.05, 0.1) is 5.92 Å². The van der Waals surface area contributed by atoms with Crippen LogP contribution in [-0.2, 0) is 11.2 Å². The molecular weight excluding hydrogens is 200 g/mol. The van der Waals surface area contributed by atoms with Gasteiger partial charge in [-0.3, -0.25) is 4.79 Å². The van der Waals surface area contributed by atoms with E-state index in [1.807, 2.05) is 50.3 Å². The fraction of sp³-hybridized carbons (Fsp3) is 0.357. The molecule has 1 rings (SSSR count). The highest BCUT2D eigenvalue weighted by atomic mass is 16.4. The number of benzene rings is 1. The predicted molar refractivity (Wildman–Crippen MR) is 65.4 cm³/mol. The van der Waals surface area contributed by atoms with Crippen LogP contribution in [0, 0.1) is 12.8 Å². The average Bonchev–Trinajstić information content (AvgIpc) is 2.26. The van der Waals surface area contributed by atoms with Crippen molar-refractivity contribution in [3.05, 3.63) is 47.5 Å². The van der Waals surface area contributed by atoms with Crippen LogP contribution in [0.2, 0.25) is 0 Å². The van der Waals surface area contributed by atoms with E-state index in [0.717, 1.165) is 11.1 Å². The Morgan fingerprint density at radius 1 is 1.44 bits per heavy atom. The molecule has 1 N–H and O–H groups in total. The lowest BCUT2D eigenvalue weighted by Gasteiger charge is -2.11. The van der Waals surface area contributed by atoms with E-state index < -0.39 is 5.97 Å². The molecule has 0 saturated carbocycles. The summed E-state index contributed by atoms with van der Waals surface area (Å²) in [5, 5.41) is 9.12. The molecule has 0 amide bonds. The minimum atomic E-state index is -0.721. The van der Waals surface area contributed by atoms with E-state index in [0.29, 0.717) is 12.8 Å². The maximum absolute atomic E-state index is 11.1. The van der Waals surface area contributed by atoms with Gasteiger partial charge in [-0.1, -0.05) is 36.4 Å². The van der Waals surface area contributed by atoms with E-state index in [4.69, 9.17) is 5.11 Å². The summed E-state index contributed by atoms with van der Waals surface area (Å²) in [4.78, 5) is 11.1. The summed E-state index contributed by atoms with van der Waals surface area (Å²) >= 11 is 0. The molecule has 0 spiro atoms. The number of rotatable bonds is 5. The minimum Gasteiger partial charge on any atom is -0.481 e. The number of hydrogen-bond donors (Lipinski definition) is 1. The van der Waals surface area contributed by atoms with Crippen molar-refractivity contribution < 1.29 is 9.90 Å². The van der Waals surface area contributed by atoms with Gasteiger partial charge in [0.2, 0.25) is 0 Å². The first kappa shape index (κ1) is 12.5. The lowest BCUT2D eigenvalue weighted by molar-refractivity contribution is -0.141. The van der Waals surface area contributed by atoms with E-state index in [2.05, 4.69) is 0 Å². The van der Waals surface area contributed by atoms with Gasteiger partial charge in [-0.05, 0) is 37.8 Å². The van der Waals surface area contributed by atoms with Gasteiger partial charge in [-0.25, -0.2) is 0 Å².